The molecule has 1 aliphatic rings. The molecule has 100 valence electrons. The molecule has 0 saturated carbocycles. The molecular formula is C11H17BrN4O2. The van der Waals surface area contributed by atoms with Gasteiger partial charge in [-0.2, -0.15) is 5.10 Å². The first-order valence-corrected chi connectivity index (χ1v) is 7.10. The summed E-state index contributed by atoms with van der Waals surface area (Å²) in [6, 6.07) is 0. The van der Waals surface area contributed by atoms with Crippen molar-refractivity contribution >= 4 is 27.4 Å². The Morgan fingerprint density at radius 3 is 2.67 bits per heavy atom. The highest BCUT2D eigenvalue weighted by Crippen LogP contribution is 2.37. The Bertz CT molecular complexity index is 440. The van der Waals surface area contributed by atoms with E-state index in [1.54, 1.807) is 4.68 Å². The van der Waals surface area contributed by atoms with Crippen molar-refractivity contribution in [2.75, 3.05) is 18.0 Å². The zero-order chi connectivity index (χ0) is 13.1. The highest BCUT2D eigenvalue weighted by Gasteiger charge is 2.31. The Hall–Kier alpha value is -1.11. The molecule has 0 radical (unpaired) electrons. The number of anilines is 1. The summed E-state index contributed by atoms with van der Waals surface area (Å²) in [6.07, 6.45) is 4.21. The van der Waals surface area contributed by atoms with Crippen molar-refractivity contribution in [3.63, 3.8) is 0 Å². The van der Waals surface area contributed by atoms with Crippen molar-refractivity contribution in [1.82, 2.24) is 9.78 Å². The molecule has 18 heavy (non-hydrogen) atoms. The normalized spacial score (nSPS) is 15.3. The summed E-state index contributed by atoms with van der Waals surface area (Å²) in [5, 5.41) is 15.4. The second-order valence-corrected chi connectivity index (χ2v) is 5.24. The van der Waals surface area contributed by atoms with Gasteiger partial charge < -0.3 is 4.90 Å². The van der Waals surface area contributed by atoms with Crippen molar-refractivity contribution in [3.8, 4) is 0 Å². The van der Waals surface area contributed by atoms with Gasteiger partial charge in [0.25, 0.3) is 0 Å². The van der Waals surface area contributed by atoms with Gasteiger partial charge in [-0.15, -0.1) is 0 Å². The van der Waals surface area contributed by atoms with Crippen LogP contribution in [0, 0.1) is 10.1 Å². The Labute approximate surface area is 114 Å². The Kier molecular flexibility index (Phi) is 4.21. The maximum absolute atomic E-state index is 11.2. The fourth-order valence-corrected chi connectivity index (χ4v) is 2.79. The van der Waals surface area contributed by atoms with Crippen LogP contribution in [0.25, 0.3) is 0 Å². The largest absolute Gasteiger partial charge is 0.351 e. The van der Waals surface area contributed by atoms with Gasteiger partial charge >= 0.3 is 5.69 Å². The summed E-state index contributed by atoms with van der Waals surface area (Å²) in [4.78, 5) is 12.9. The van der Waals surface area contributed by atoms with Crippen molar-refractivity contribution in [2.45, 2.75) is 39.2 Å². The summed E-state index contributed by atoms with van der Waals surface area (Å²) < 4.78 is 2.11. The van der Waals surface area contributed by atoms with E-state index in [0.717, 1.165) is 45.3 Å². The van der Waals surface area contributed by atoms with Crippen LogP contribution in [-0.4, -0.2) is 27.8 Å². The molecule has 7 heteroatoms. The Morgan fingerprint density at radius 2 is 2.11 bits per heavy atom. The molecule has 0 atom stereocenters. The third-order valence-electron chi connectivity index (χ3n) is 3.17. The van der Waals surface area contributed by atoms with Crippen LogP contribution in [-0.2, 0) is 6.54 Å². The zero-order valence-electron chi connectivity index (χ0n) is 10.4. The number of nitro groups is 1. The lowest BCUT2D eigenvalue weighted by Gasteiger charge is -2.17. The predicted octanol–water partition coefficient (Wildman–Crippen LogP) is 2.95. The van der Waals surface area contributed by atoms with Crippen LogP contribution in [0.4, 0.5) is 11.5 Å². The monoisotopic (exact) mass is 316 g/mol. The minimum absolute atomic E-state index is 0.105. The molecule has 0 aliphatic carbocycles. The van der Waals surface area contributed by atoms with Crippen LogP contribution in [0.2, 0.25) is 0 Å². The summed E-state index contributed by atoms with van der Waals surface area (Å²) in [5.41, 5.74) is 0.105. The fraction of sp³-hybridized carbons (Fsp3) is 0.727. The standard InChI is InChI=1S/C11H17BrN4O2/c1-2-3-8-15-11(14-6-4-5-7-14)9(16(17)18)10(12)13-15/h2-8H2,1H3. The molecule has 0 aromatic carbocycles. The lowest BCUT2D eigenvalue weighted by Crippen LogP contribution is -2.22. The maximum Gasteiger partial charge on any atom is 0.345 e. The van der Waals surface area contributed by atoms with Gasteiger partial charge in [-0.1, -0.05) is 13.3 Å². The molecule has 6 nitrogen and oxygen atoms in total. The first-order chi connectivity index (χ1) is 8.65. The van der Waals surface area contributed by atoms with Gasteiger partial charge in [-0.25, -0.2) is 4.68 Å². The number of nitrogens with zero attached hydrogens (tertiary/aromatic N) is 4. The fourth-order valence-electron chi connectivity index (χ4n) is 2.28. The summed E-state index contributed by atoms with van der Waals surface area (Å²) in [5.74, 6) is 0.665. The van der Waals surface area contributed by atoms with Crippen LogP contribution < -0.4 is 4.90 Å². The highest BCUT2D eigenvalue weighted by molar-refractivity contribution is 9.10. The van der Waals surface area contributed by atoms with E-state index in [2.05, 4.69) is 32.9 Å². The van der Waals surface area contributed by atoms with Gasteiger partial charge in [0, 0.05) is 19.6 Å². The maximum atomic E-state index is 11.2. The molecule has 0 amide bonds. The Morgan fingerprint density at radius 1 is 1.44 bits per heavy atom. The van der Waals surface area contributed by atoms with Gasteiger partial charge in [0.1, 0.15) is 0 Å². The summed E-state index contributed by atoms with van der Waals surface area (Å²) >= 11 is 3.21. The van der Waals surface area contributed by atoms with Crippen LogP contribution >= 0.6 is 15.9 Å². The second kappa shape index (κ2) is 5.69. The van der Waals surface area contributed by atoms with Crippen molar-refractivity contribution in [1.29, 1.82) is 0 Å². The topological polar surface area (TPSA) is 64.2 Å². The van der Waals surface area contributed by atoms with Gasteiger partial charge in [0.2, 0.25) is 10.4 Å². The highest BCUT2D eigenvalue weighted by atomic mass is 79.9. The van der Waals surface area contributed by atoms with E-state index in [9.17, 15) is 10.1 Å². The lowest BCUT2D eigenvalue weighted by atomic mass is 10.3. The molecule has 1 fully saturated rings. The molecule has 0 bridgehead atoms. The van der Waals surface area contributed by atoms with Crippen molar-refractivity contribution < 1.29 is 4.92 Å². The van der Waals surface area contributed by atoms with Crippen LogP contribution in [0.5, 0.6) is 0 Å². The molecule has 1 aromatic heterocycles. The molecule has 1 aliphatic heterocycles. The number of aryl methyl sites for hydroxylation is 1. The average Bonchev–Trinajstić information content (AvgIpc) is 2.92. The summed E-state index contributed by atoms with van der Waals surface area (Å²) in [7, 11) is 0. The molecule has 0 spiro atoms. The van der Waals surface area contributed by atoms with E-state index in [-0.39, 0.29) is 10.6 Å². The minimum atomic E-state index is -0.340. The van der Waals surface area contributed by atoms with E-state index in [1.807, 2.05) is 0 Å². The number of rotatable bonds is 5. The van der Waals surface area contributed by atoms with Gasteiger partial charge in [-0.05, 0) is 35.2 Å². The molecule has 0 unspecified atom stereocenters. The first-order valence-electron chi connectivity index (χ1n) is 6.30. The van der Waals surface area contributed by atoms with E-state index in [0.29, 0.717) is 10.4 Å². The second-order valence-electron chi connectivity index (χ2n) is 4.49. The van der Waals surface area contributed by atoms with Crippen LogP contribution in [0.3, 0.4) is 0 Å². The zero-order valence-corrected chi connectivity index (χ0v) is 12.0. The molecule has 2 heterocycles. The SMILES string of the molecule is CCCCn1nc(Br)c([N+](=O)[O-])c1N1CCCC1. The summed E-state index contributed by atoms with van der Waals surface area (Å²) in [6.45, 7) is 4.59. The number of hydrogen-bond acceptors (Lipinski definition) is 4. The molecule has 2 rings (SSSR count). The van der Waals surface area contributed by atoms with E-state index in [4.69, 9.17) is 0 Å². The quantitative estimate of drug-likeness (QED) is 0.619. The van der Waals surface area contributed by atoms with E-state index < -0.39 is 0 Å². The molecule has 0 N–H and O–H groups in total. The lowest BCUT2D eigenvalue weighted by molar-refractivity contribution is -0.385. The molecule has 1 aromatic rings. The Balaban J connectivity index is 2.39. The first kappa shape index (κ1) is 13.3. The van der Waals surface area contributed by atoms with Crippen LogP contribution in [0.1, 0.15) is 32.6 Å². The van der Waals surface area contributed by atoms with Gasteiger partial charge in [0.05, 0.1) is 4.92 Å². The third kappa shape index (κ3) is 2.50. The number of halogens is 1. The smallest absolute Gasteiger partial charge is 0.345 e. The van der Waals surface area contributed by atoms with Crippen molar-refractivity contribution in [3.05, 3.63) is 14.7 Å². The van der Waals surface area contributed by atoms with Gasteiger partial charge in [-0.3, -0.25) is 10.1 Å². The van der Waals surface area contributed by atoms with Crippen LogP contribution in [0.15, 0.2) is 4.60 Å². The molecule has 1 saturated heterocycles. The number of hydrogen-bond donors (Lipinski definition) is 0. The average molecular weight is 317 g/mol. The predicted molar refractivity (Wildman–Crippen MR) is 72.9 cm³/mol. The number of unbranched alkanes of at least 4 members (excludes halogenated alkanes) is 1. The molecular weight excluding hydrogens is 300 g/mol. The number of aromatic nitrogens is 2. The van der Waals surface area contributed by atoms with Gasteiger partial charge in [0.15, 0.2) is 0 Å². The van der Waals surface area contributed by atoms with E-state index >= 15 is 0 Å². The van der Waals surface area contributed by atoms with Crippen molar-refractivity contribution in [2.24, 2.45) is 0 Å². The van der Waals surface area contributed by atoms with E-state index in [1.165, 1.54) is 0 Å². The minimum Gasteiger partial charge on any atom is -0.351 e. The third-order valence-corrected chi connectivity index (χ3v) is 3.71.